The molecule has 1 amide bonds. The van der Waals surface area contributed by atoms with Gasteiger partial charge in [-0.1, -0.05) is 36.4 Å². The number of piperazine rings is 1. The van der Waals surface area contributed by atoms with Crippen LogP contribution in [0.5, 0.6) is 0 Å². The molecular formula is C23H21F3N4O2. The molecule has 0 atom stereocenters. The number of halogens is 3. The van der Waals surface area contributed by atoms with Gasteiger partial charge in [0.1, 0.15) is 5.69 Å². The minimum atomic E-state index is -4.40. The Morgan fingerprint density at radius 3 is 2.31 bits per heavy atom. The number of benzene rings is 2. The molecule has 0 unspecified atom stereocenters. The molecule has 1 aromatic heterocycles. The number of amides is 1. The second kappa shape index (κ2) is 8.86. The monoisotopic (exact) mass is 442 g/mol. The molecule has 2 aromatic carbocycles. The van der Waals surface area contributed by atoms with Crippen molar-refractivity contribution in [2.45, 2.75) is 12.7 Å². The molecule has 0 aliphatic carbocycles. The summed E-state index contributed by atoms with van der Waals surface area (Å²) >= 11 is 0. The number of hydrogen-bond acceptors (Lipinski definition) is 4. The Balaban J connectivity index is 1.44. The first-order chi connectivity index (χ1) is 15.3. The van der Waals surface area contributed by atoms with Crippen LogP contribution in [-0.2, 0) is 12.7 Å². The number of aromatic nitrogens is 2. The standard InChI is InChI=1S/C23H21F3N4O2/c24-23(25,26)18-7-4-8-19(15-18)28-11-13-29(14-12-28)22(32)20-9-10-21(31)30(27-20)16-17-5-2-1-3-6-17/h1-10,15H,11-14,16H2. The molecule has 0 saturated carbocycles. The number of alkyl halides is 3. The van der Waals surface area contributed by atoms with E-state index in [1.54, 1.807) is 11.0 Å². The minimum Gasteiger partial charge on any atom is -0.368 e. The van der Waals surface area contributed by atoms with Crippen molar-refractivity contribution in [3.8, 4) is 0 Å². The van der Waals surface area contributed by atoms with Gasteiger partial charge in [0, 0.05) is 37.9 Å². The molecule has 4 rings (SSSR count). The SMILES string of the molecule is O=C(c1ccc(=O)n(Cc2ccccc2)n1)N1CCN(c2cccc(C(F)(F)F)c2)CC1. The first-order valence-corrected chi connectivity index (χ1v) is 10.1. The summed E-state index contributed by atoms with van der Waals surface area (Å²) in [7, 11) is 0. The smallest absolute Gasteiger partial charge is 0.368 e. The van der Waals surface area contributed by atoms with E-state index >= 15 is 0 Å². The predicted octanol–water partition coefficient (Wildman–Crippen LogP) is 3.27. The van der Waals surface area contributed by atoms with Gasteiger partial charge >= 0.3 is 6.18 Å². The maximum Gasteiger partial charge on any atom is 0.416 e. The molecule has 0 N–H and O–H groups in total. The summed E-state index contributed by atoms with van der Waals surface area (Å²) in [5.41, 5.74) is 0.522. The second-order valence-electron chi connectivity index (χ2n) is 7.53. The highest BCUT2D eigenvalue weighted by atomic mass is 19.4. The zero-order valence-electron chi connectivity index (χ0n) is 17.1. The summed E-state index contributed by atoms with van der Waals surface area (Å²) in [6.07, 6.45) is -4.40. The first-order valence-electron chi connectivity index (χ1n) is 10.1. The lowest BCUT2D eigenvalue weighted by Crippen LogP contribution is -2.49. The van der Waals surface area contributed by atoms with E-state index in [1.807, 2.05) is 35.2 Å². The van der Waals surface area contributed by atoms with Crippen molar-refractivity contribution >= 4 is 11.6 Å². The van der Waals surface area contributed by atoms with E-state index in [4.69, 9.17) is 0 Å². The molecule has 6 nitrogen and oxygen atoms in total. The second-order valence-corrected chi connectivity index (χ2v) is 7.53. The van der Waals surface area contributed by atoms with Crippen molar-refractivity contribution in [3.63, 3.8) is 0 Å². The molecule has 9 heteroatoms. The third-order valence-corrected chi connectivity index (χ3v) is 5.37. The Morgan fingerprint density at radius 1 is 0.906 bits per heavy atom. The topological polar surface area (TPSA) is 58.4 Å². The van der Waals surface area contributed by atoms with Crippen molar-refractivity contribution in [1.82, 2.24) is 14.7 Å². The van der Waals surface area contributed by atoms with E-state index < -0.39 is 11.7 Å². The Bertz CT molecular complexity index is 1150. The number of rotatable bonds is 4. The predicted molar refractivity (Wildman–Crippen MR) is 114 cm³/mol. The minimum absolute atomic E-state index is 0.160. The number of carbonyl (C=O) groups is 1. The molecule has 1 saturated heterocycles. The third-order valence-electron chi connectivity index (χ3n) is 5.37. The maximum atomic E-state index is 13.0. The zero-order chi connectivity index (χ0) is 22.7. The fourth-order valence-electron chi connectivity index (χ4n) is 3.64. The van der Waals surface area contributed by atoms with Crippen LogP contribution in [0.15, 0.2) is 71.5 Å². The van der Waals surface area contributed by atoms with Crippen LogP contribution in [-0.4, -0.2) is 46.8 Å². The van der Waals surface area contributed by atoms with Gasteiger partial charge in [-0.2, -0.15) is 18.3 Å². The van der Waals surface area contributed by atoms with E-state index in [-0.39, 0.29) is 23.7 Å². The Kier molecular flexibility index (Phi) is 5.98. The number of hydrogen-bond donors (Lipinski definition) is 0. The first kappa shape index (κ1) is 21.6. The summed E-state index contributed by atoms with van der Waals surface area (Å²) in [5.74, 6) is -0.310. The quantitative estimate of drug-likeness (QED) is 0.623. The van der Waals surface area contributed by atoms with E-state index in [0.29, 0.717) is 31.9 Å². The van der Waals surface area contributed by atoms with Crippen LogP contribution in [0.2, 0.25) is 0 Å². The van der Waals surface area contributed by atoms with Crippen molar-refractivity contribution in [1.29, 1.82) is 0 Å². The summed E-state index contributed by atoms with van der Waals surface area (Å²) < 4.78 is 40.2. The largest absolute Gasteiger partial charge is 0.416 e. The van der Waals surface area contributed by atoms with Gasteiger partial charge in [0.2, 0.25) is 0 Å². The Morgan fingerprint density at radius 2 is 1.62 bits per heavy atom. The van der Waals surface area contributed by atoms with Crippen LogP contribution in [0.25, 0.3) is 0 Å². The summed E-state index contributed by atoms with van der Waals surface area (Å²) in [6, 6.07) is 17.2. The van der Waals surface area contributed by atoms with Crippen molar-refractivity contribution in [3.05, 3.63) is 93.9 Å². The van der Waals surface area contributed by atoms with Gasteiger partial charge in [-0.3, -0.25) is 9.59 Å². The van der Waals surface area contributed by atoms with Crippen LogP contribution in [0.4, 0.5) is 18.9 Å². The van der Waals surface area contributed by atoms with Gasteiger partial charge in [-0.05, 0) is 29.8 Å². The molecule has 166 valence electrons. The number of nitrogens with zero attached hydrogens (tertiary/aromatic N) is 4. The highest BCUT2D eigenvalue weighted by Crippen LogP contribution is 2.31. The van der Waals surface area contributed by atoms with Gasteiger partial charge in [-0.15, -0.1) is 0 Å². The van der Waals surface area contributed by atoms with Crippen molar-refractivity contribution in [2.75, 3.05) is 31.1 Å². The van der Waals surface area contributed by atoms with E-state index in [1.165, 1.54) is 22.9 Å². The maximum absolute atomic E-state index is 13.0. The highest BCUT2D eigenvalue weighted by molar-refractivity contribution is 5.92. The van der Waals surface area contributed by atoms with Gasteiger partial charge in [0.15, 0.2) is 0 Å². The van der Waals surface area contributed by atoms with Crippen molar-refractivity contribution in [2.24, 2.45) is 0 Å². The van der Waals surface area contributed by atoms with Gasteiger partial charge < -0.3 is 9.80 Å². The Labute approximate surface area is 182 Å². The lowest BCUT2D eigenvalue weighted by molar-refractivity contribution is -0.137. The van der Waals surface area contributed by atoms with Crippen LogP contribution >= 0.6 is 0 Å². The summed E-state index contributed by atoms with van der Waals surface area (Å²) in [6.45, 7) is 1.74. The fourth-order valence-corrected chi connectivity index (χ4v) is 3.64. The highest BCUT2D eigenvalue weighted by Gasteiger charge is 2.31. The summed E-state index contributed by atoms with van der Waals surface area (Å²) in [5, 5.41) is 4.23. The van der Waals surface area contributed by atoms with Crippen molar-refractivity contribution < 1.29 is 18.0 Å². The Hall–Kier alpha value is -3.62. The molecule has 0 radical (unpaired) electrons. The average Bonchev–Trinajstić information content (AvgIpc) is 2.80. The molecule has 2 heterocycles. The molecule has 0 bridgehead atoms. The molecular weight excluding hydrogens is 421 g/mol. The summed E-state index contributed by atoms with van der Waals surface area (Å²) in [4.78, 5) is 28.5. The normalized spacial score (nSPS) is 14.5. The molecule has 1 aliphatic heterocycles. The lowest BCUT2D eigenvalue weighted by atomic mass is 10.1. The molecule has 1 fully saturated rings. The molecule has 1 aliphatic rings. The zero-order valence-corrected chi connectivity index (χ0v) is 17.1. The van der Waals surface area contributed by atoms with Gasteiger partial charge in [-0.25, -0.2) is 4.68 Å². The fraction of sp³-hybridized carbons (Fsp3) is 0.261. The molecule has 3 aromatic rings. The average molecular weight is 442 g/mol. The van der Waals surface area contributed by atoms with Crippen LogP contribution in [0.1, 0.15) is 21.6 Å². The van der Waals surface area contributed by atoms with E-state index in [9.17, 15) is 22.8 Å². The number of carbonyl (C=O) groups excluding carboxylic acids is 1. The van der Waals surface area contributed by atoms with Crippen LogP contribution in [0, 0.1) is 0 Å². The lowest BCUT2D eigenvalue weighted by Gasteiger charge is -2.36. The third kappa shape index (κ3) is 4.82. The van der Waals surface area contributed by atoms with Crippen LogP contribution < -0.4 is 10.5 Å². The van der Waals surface area contributed by atoms with Gasteiger partial charge in [0.25, 0.3) is 11.5 Å². The van der Waals surface area contributed by atoms with Crippen LogP contribution in [0.3, 0.4) is 0 Å². The van der Waals surface area contributed by atoms with E-state index in [2.05, 4.69) is 5.10 Å². The van der Waals surface area contributed by atoms with Gasteiger partial charge in [0.05, 0.1) is 12.1 Å². The van der Waals surface area contributed by atoms with E-state index in [0.717, 1.165) is 17.7 Å². The molecule has 0 spiro atoms. The molecule has 32 heavy (non-hydrogen) atoms. The number of anilines is 1.